The molecule has 0 unspecified atom stereocenters. The minimum atomic E-state index is -0.377. The van der Waals surface area contributed by atoms with E-state index in [0.717, 1.165) is 5.56 Å². The van der Waals surface area contributed by atoms with Crippen LogP contribution in [0.3, 0.4) is 0 Å². The fraction of sp³-hybridized carbons (Fsp3) is 0.250. The number of nitrogens with one attached hydrogen (secondary N) is 2. The Kier molecular flexibility index (Phi) is 4.49. The Labute approximate surface area is 94.0 Å². The van der Waals surface area contributed by atoms with E-state index in [0.29, 0.717) is 12.2 Å². The highest BCUT2D eigenvalue weighted by Gasteiger charge is 2.04. The molecule has 0 fully saturated rings. The average Bonchev–Trinajstić information content (AvgIpc) is 2.24. The summed E-state index contributed by atoms with van der Waals surface area (Å²) < 4.78 is 12.9. The van der Waals surface area contributed by atoms with E-state index in [4.69, 9.17) is 6.42 Å². The molecule has 0 aliphatic heterocycles. The van der Waals surface area contributed by atoms with Gasteiger partial charge in [-0.3, -0.25) is 10.1 Å². The van der Waals surface area contributed by atoms with Gasteiger partial charge in [-0.05, 0) is 24.6 Å². The summed E-state index contributed by atoms with van der Waals surface area (Å²) in [4.78, 5) is 11.4. The Bertz CT molecular complexity index is 424. The molecule has 84 valence electrons. The van der Waals surface area contributed by atoms with Crippen LogP contribution in [0.25, 0.3) is 0 Å². The molecule has 0 heterocycles. The molecule has 1 amide bonds. The van der Waals surface area contributed by atoms with Gasteiger partial charge in [0.2, 0.25) is 5.91 Å². The molecule has 1 rings (SSSR count). The number of anilines is 1. The molecule has 4 heteroatoms. The summed E-state index contributed by atoms with van der Waals surface area (Å²) >= 11 is 0. The molecule has 16 heavy (non-hydrogen) atoms. The maximum atomic E-state index is 12.9. The highest BCUT2D eigenvalue weighted by molar-refractivity contribution is 5.92. The van der Waals surface area contributed by atoms with E-state index in [1.807, 2.05) is 0 Å². The Morgan fingerprint density at radius 3 is 3.00 bits per heavy atom. The van der Waals surface area contributed by atoms with Crippen LogP contribution in [0, 0.1) is 25.1 Å². The number of amides is 1. The van der Waals surface area contributed by atoms with Crippen LogP contribution in [0.4, 0.5) is 10.1 Å². The number of carbonyl (C=O) groups is 1. The zero-order chi connectivity index (χ0) is 12.0. The third kappa shape index (κ3) is 3.71. The summed E-state index contributed by atoms with van der Waals surface area (Å²) in [5.41, 5.74) is 1.29. The highest BCUT2D eigenvalue weighted by atomic mass is 19.1. The number of benzene rings is 1. The van der Waals surface area contributed by atoms with Crippen molar-refractivity contribution in [1.82, 2.24) is 5.32 Å². The van der Waals surface area contributed by atoms with Crippen LogP contribution in [0.5, 0.6) is 0 Å². The van der Waals surface area contributed by atoms with Gasteiger partial charge in [0, 0.05) is 5.69 Å². The normalized spacial score (nSPS) is 9.56. The standard InChI is InChI=1S/C12H13FN2O/c1-3-6-14-8-12(16)15-11-7-10(13)5-4-9(11)2/h1,4-5,7,14H,6,8H2,2H3,(H,15,16). The predicted octanol–water partition coefficient (Wildman–Crippen LogP) is 1.30. The van der Waals surface area contributed by atoms with Crippen LogP contribution in [-0.4, -0.2) is 19.0 Å². The van der Waals surface area contributed by atoms with Crippen molar-refractivity contribution in [3.8, 4) is 12.3 Å². The molecule has 0 bridgehead atoms. The first kappa shape index (κ1) is 12.2. The van der Waals surface area contributed by atoms with Crippen molar-refractivity contribution in [2.24, 2.45) is 0 Å². The smallest absolute Gasteiger partial charge is 0.238 e. The maximum Gasteiger partial charge on any atom is 0.238 e. The van der Waals surface area contributed by atoms with E-state index in [1.165, 1.54) is 12.1 Å². The monoisotopic (exact) mass is 220 g/mol. The van der Waals surface area contributed by atoms with Gasteiger partial charge in [0.25, 0.3) is 0 Å². The van der Waals surface area contributed by atoms with Crippen LogP contribution >= 0.6 is 0 Å². The Morgan fingerprint density at radius 1 is 1.56 bits per heavy atom. The van der Waals surface area contributed by atoms with E-state index < -0.39 is 0 Å². The van der Waals surface area contributed by atoms with Gasteiger partial charge < -0.3 is 5.32 Å². The van der Waals surface area contributed by atoms with Gasteiger partial charge in [0.05, 0.1) is 13.1 Å². The largest absolute Gasteiger partial charge is 0.325 e. The lowest BCUT2D eigenvalue weighted by Crippen LogP contribution is -2.28. The van der Waals surface area contributed by atoms with E-state index in [-0.39, 0.29) is 18.3 Å². The zero-order valence-electron chi connectivity index (χ0n) is 9.01. The summed E-state index contributed by atoms with van der Waals surface area (Å²) in [5.74, 6) is 1.73. The number of hydrogen-bond donors (Lipinski definition) is 2. The van der Waals surface area contributed by atoms with Crippen molar-refractivity contribution in [2.45, 2.75) is 6.92 Å². The van der Waals surface area contributed by atoms with Crippen LogP contribution in [0.15, 0.2) is 18.2 Å². The highest BCUT2D eigenvalue weighted by Crippen LogP contribution is 2.15. The SMILES string of the molecule is C#CCNCC(=O)Nc1cc(F)ccc1C. The average molecular weight is 220 g/mol. The van der Waals surface area contributed by atoms with Gasteiger partial charge >= 0.3 is 0 Å². The minimum absolute atomic E-state index is 0.111. The molecule has 2 N–H and O–H groups in total. The Balaban J connectivity index is 2.56. The third-order valence-electron chi connectivity index (χ3n) is 1.99. The fourth-order valence-electron chi connectivity index (χ4n) is 1.17. The number of halogens is 1. The molecule has 0 aromatic heterocycles. The first-order valence-corrected chi connectivity index (χ1v) is 4.83. The lowest BCUT2D eigenvalue weighted by Gasteiger charge is -2.08. The van der Waals surface area contributed by atoms with Crippen molar-refractivity contribution in [1.29, 1.82) is 0 Å². The van der Waals surface area contributed by atoms with E-state index >= 15 is 0 Å². The van der Waals surface area contributed by atoms with Gasteiger partial charge in [0.1, 0.15) is 5.82 Å². The lowest BCUT2D eigenvalue weighted by molar-refractivity contribution is -0.115. The number of hydrogen-bond acceptors (Lipinski definition) is 2. The van der Waals surface area contributed by atoms with E-state index in [9.17, 15) is 9.18 Å². The Morgan fingerprint density at radius 2 is 2.31 bits per heavy atom. The summed E-state index contributed by atoms with van der Waals surface area (Å²) in [5, 5.41) is 5.35. The maximum absolute atomic E-state index is 12.9. The van der Waals surface area contributed by atoms with Crippen LogP contribution in [0.1, 0.15) is 5.56 Å². The predicted molar refractivity (Wildman–Crippen MR) is 61.5 cm³/mol. The molecular formula is C12H13FN2O. The number of rotatable bonds is 4. The molecule has 3 nitrogen and oxygen atoms in total. The molecule has 0 radical (unpaired) electrons. The minimum Gasteiger partial charge on any atom is -0.325 e. The number of carbonyl (C=O) groups excluding carboxylic acids is 1. The van der Waals surface area contributed by atoms with E-state index in [1.54, 1.807) is 13.0 Å². The summed E-state index contributed by atoms with van der Waals surface area (Å²) in [6.07, 6.45) is 5.02. The first-order chi connectivity index (χ1) is 7.63. The second-order valence-corrected chi connectivity index (χ2v) is 3.32. The molecule has 0 saturated carbocycles. The summed E-state index contributed by atoms with van der Waals surface area (Å²) in [7, 11) is 0. The van der Waals surface area contributed by atoms with Gasteiger partial charge in [-0.25, -0.2) is 4.39 Å². The summed E-state index contributed by atoms with van der Waals surface area (Å²) in [6.45, 7) is 2.24. The van der Waals surface area contributed by atoms with Gasteiger partial charge in [-0.2, -0.15) is 0 Å². The number of aryl methyl sites for hydroxylation is 1. The molecule has 0 atom stereocenters. The van der Waals surface area contributed by atoms with Gasteiger partial charge in [-0.15, -0.1) is 6.42 Å². The molecule has 0 aliphatic carbocycles. The second-order valence-electron chi connectivity index (χ2n) is 3.32. The third-order valence-corrected chi connectivity index (χ3v) is 1.99. The van der Waals surface area contributed by atoms with Crippen molar-refractivity contribution < 1.29 is 9.18 Å². The second kappa shape index (κ2) is 5.89. The van der Waals surface area contributed by atoms with Crippen LogP contribution in [0.2, 0.25) is 0 Å². The van der Waals surface area contributed by atoms with E-state index in [2.05, 4.69) is 16.6 Å². The van der Waals surface area contributed by atoms with Crippen molar-refractivity contribution in [3.05, 3.63) is 29.6 Å². The topological polar surface area (TPSA) is 41.1 Å². The van der Waals surface area contributed by atoms with Gasteiger partial charge in [0.15, 0.2) is 0 Å². The first-order valence-electron chi connectivity index (χ1n) is 4.83. The summed E-state index contributed by atoms with van der Waals surface area (Å²) in [6, 6.07) is 4.25. The van der Waals surface area contributed by atoms with Crippen molar-refractivity contribution in [2.75, 3.05) is 18.4 Å². The lowest BCUT2D eigenvalue weighted by atomic mass is 10.2. The van der Waals surface area contributed by atoms with Crippen LogP contribution < -0.4 is 10.6 Å². The van der Waals surface area contributed by atoms with Gasteiger partial charge in [-0.1, -0.05) is 12.0 Å². The Hall–Kier alpha value is -1.86. The molecule has 1 aromatic rings. The molecular weight excluding hydrogens is 207 g/mol. The molecule has 0 spiro atoms. The van der Waals surface area contributed by atoms with Crippen molar-refractivity contribution in [3.63, 3.8) is 0 Å². The fourth-order valence-corrected chi connectivity index (χ4v) is 1.17. The molecule has 1 aromatic carbocycles. The van der Waals surface area contributed by atoms with Crippen molar-refractivity contribution >= 4 is 11.6 Å². The number of terminal acetylenes is 1. The van der Waals surface area contributed by atoms with Crippen LogP contribution in [-0.2, 0) is 4.79 Å². The quantitative estimate of drug-likeness (QED) is 0.593. The zero-order valence-corrected chi connectivity index (χ0v) is 9.01. The molecule has 0 saturated heterocycles. The molecule has 0 aliphatic rings.